The van der Waals surface area contributed by atoms with Crippen molar-refractivity contribution >= 4 is 22.9 Å². The van der Waals surface area contributed by atoms with Crippen LogP contribution in [0.3, 0.4) is 0 Å². The molecule has 1 fully saturated rings. The van der Waals surface area contributed by atoms with Gasteiger partial charge in [-0.05, 0) is 42.9 Å². The van der Waals surface area contributed by atoms with Gasteiger partial charge in [-0.15, -0.1) is 0 Å². The molecule has 1 saturated heterocycles. The predicted octanol–water partition coefficient (Wildman–Crippen LogP) is 3.78. The van der Waals surface area contributed by atoms with Gasteiger partial charge in [0.2, 0.25) is 0 Å². The SMILES string of the molecule is c1ccc(-c2nc3cccnc3n2CC2CCCCS2)nc1. The van der Waals surface area contributed by atoms with Gasteiger partial charge in [-0.3, -0.25) is 4.98 Å². The summed E-state index contributed by atoms with van der Waals surface area (Å²) in [5.74, 6) is 2.20. The fourth-order valence-electron chi connectivity index (χ4n) is 2.98. The monoisotopic (exact) mass is 310 g/mol. The van der Waals surface area contributed by atoms with Gasteiger partial charge in [0, 0.05) is 24.2 Å². The zero-order chi connectivity index (χ0) is 14.8. The van der Waals surface area contributed by atoms with Crippen molar-refractivity contribution in [3.63, 3.8) is 0 Å². The van der Waals surface area contributed by atoms with Crippen LogP contribution in [0.2, 0.25) is 0 Å². The minimum absolute atomic E-state index is 0.649. The van der Waals surface area contributed by atoms with Crippen LogP contribution in [0.5, 0.6) is 0 Å². The van der Waals surface area contributed by atoms with Crippen LogP contribution in [0.1, 0.15) is 19.3 Å². The molecule has 0 aromatic carbocycles. The van der Waals surface area contributed by atoms with Crippen molar-refractivity contribution in [1.82, 2.24) is 19.5 Å². The minimum atomic E-state index is 0.649. The molecule has 0 spiro atoms. The van der Waals surface area contributed by atoms with Crippen molar-refractivity contribution in [3.05, 3.63) is 42.7 Å². The number of nitrogens with zero attached hydrogens (tertiary/aromatic N) is 4. The number of aromatic nitrogens is 4. The Balaban J connectivity index is 1.79. The molecule has 0 amide bonds. The first-order valence-corrected chi connectivity index (χ1v) is 8.81. The summed E-state index contributed by atoms with van der Waals surface area (Å²) in [6.07, 6.45) is 7.62. The van der Waals surface area contributed by atoms with Gasteiger partial charge in [-0.25, -0.2) is 9.97 Å². The van der Waals surface area contributed by atoms with Gasteiger partial charge in [0.25, 0.3) is 0 Å². The fourth-order valence-corrected chi connectivity index (χ4v) is 4.27. The molecule has 1 atom stereocenters. The first-order valence-electron chi connectivity index (χ1n) is 7.76. The van der Waals surface area contributed by atoms with E-state index in [0.717, 1.165) is 29.2 Å². The molecule has 4 rings (SSSR count). The average molecular weight is 310 g/mol. The Hall–Kier alpha value is -1.88. The summed E-state index contributed by atoms with van der Waals surface area (Å²) < 4.78 is 2.25. The summed E-state index contributed by atoms with van der Waals surface area (Å²) in [7, 11) is 0. The van der Waals surface area contributed by atoms with Crippen LogP contribution >= 0.6 is 11.8 Å². The summed E-state index contributed by atoms with van der Waals surface area (Å²) in [6.45, 7) is 0.962. The molecular formula is C17H18N4S. The lowest BCUT2D eigenvalue weighted by molar-refractivity contribution is 0.592. The van der Waals surface area contributed by atoms with Gasteiger partial charge in [-0.1, -0.05) is 12.5 Å². The maximum atomic E-state index is 4.78. The molecule has 5 heteroatoms. The lowest BCUT2D eigenvalue weighted by atomic mass is 10.2. The summed E-state index contributed by atoms with van der Waals surface area (Å²) in [5, 5.41) is 0.649. The number of imidazole rings is 1. The van der Waals surface area contributed by atoms with Crippen LogP contribution in [-0.2, 0) is 6.54 Å². The highest BCUT2D eigenvalue weighted by molar-refractivity contribution is 7.99. The Bertz CT molecular complexity index is 763. The molecule has 0 radical (unpaired) electrons. The van der Waals surface area contributed by atoms with E-state index in [1.165, 1.54) is 25.0 Å². The standard InChI is InChI=1S/C17H18N4S/c1-3-9-18-14(7-1)17-20-15-8-5-10-19-16(15)21(17)12-13-6-2-4-11-22-13/h1,3,5,7-10,13H,2,4,6,11-12H2. The van der Waals surface area contributed by atoms with Gasteiger partial charge in [0.15, 0.2) is 11.5 Å². The molecule has 3 aromatic rings. The molecule has 0 aliphatic carbocycles. The van der Waals surface area contributed by atoms with Gasteiger partial charge >= 0.3 is 0 Å². The van der Waals surface area contributed by atoms with Crippen LogP contribution in [0.4, 0.5) is 0 Å². The average Bonchev–Trinajstić information content (AvgIpc) is 2.95. The van der Waals surface area contributed by atoms with Crippen molar-refractivity contribution < 1.29 is 0 Å². The Labute approximate surface area is 134 Å². The molecule has 112 valence electrons. The van der Waals surface area contributed by atoms with Crippen LogP contribution in [-0.4, -0.2) is 30.5 Å². The molecular weight excluding hydrogens is 292 g/mol. The van der Waals surface area contributed by atoms with Crippen molar-refractivity contribution in [3.8, 4) is 11.5 Å². The highest BCUT2D eigenvalue weighted by Crippen LogP contribution is 2.29. The van der Waals surface area contributed by atoms with Crippen LogP contribution in [0.15, 0.2) is 42.7 Å². The zero-order valence-corrected chi connectivity index (χ0v) is 13.2. The normalized spacial score (nSPS) is 18.6. The number of hydrogen-bond acceptors (Lipinski definition) is 4. The second-order valence-electron chi connectivity index (χ2n) is 5.60. The third-order valence-corrected chi connectivity index (χ3v) is 5.44. The zero-order valence-electron chi connectivity index (χ0n) is 12.4. The number of thioether (sulfide) groups is 1. The van der Waals surface area contributed by atoms with Gasteiger partial charge < -0.3 is 4.57 Å². The number of pyridine rings is 2. The van der Waals surface area contributed by atoms with Crippen molar-refractivity contribution in [2.75, 3.05) is 5.75 Å². The minimum Gasteiger partial charge on any atom is -0.306 e. The largest absolute Gasteiger partial charge is 0.306 e. The lowest BCUT2D eigenvalue weighted by Crippen LogP contribution is -2.18. The Morgan fingerprint density at radius 1 is 1.09 bits per heavy atom. The van der Waals surface area contributed by atoms with Gasteiger partial charge in [0.1, 0.15) is 11.2 Å². The highest BCUT2D eigenvalue weighted by Gasteiger charge is 2.20. The van der Waals surface area contributed by atoms with Crippen LogP contribution < -0.4 is 0 Å². The van der Waals surface area contributed by atoms with E-state index >= 15 is 0 Å². The van der Waals surface area contributed by atoms with E-state index in [1.54, 1.807) is 0 Å². The van der Waals surface area contributed by atoms with E-state index in [0.29, 0.717) is 5.25 Å². The molecule has 1 aliphatic heterocycles. The summed E-state index contributed by atoms with van der Waals surface area (Å²) in [4.78, 5) is 13.8. The van der Waals surface area contributed by atoms with Crippen LogP contribution in [0.25, 0.3) is 22.7 Å². The molecule has 4 nitrogen and oxygen atoms in total. The second kappa shape index (κ2) is 6.08. The van der Waals surface area contributed by atoms with E-state index in [9.17, 15) is 0 Å². The summed E-state index contributed by atoms with van der Waals surface area (Å²) in [6, 6.07) is 9.93. The third kappa shape index (κ3) is 2.61. The van der Waals surface area contributed by atoms with E-state index in [-0.39, 0.29) is 0 Å². The molecule has 4 heterocycles. The molecule has 1 unspecified atom stereocenters. The first-order chi connectivity index (χ1) is 10.9. The maximum Gasteiger partial charge on any atom is 0.161 e. The van der Waals surface area contributed by atoms with Crippen LogP contribution in [0, 0.1) is 0 Å². The topological polar surface area (TPSA) is 43.6 Å². The lowest BCUT2D eigenvalue weighted by Gasteiger charge is -2.22. The molecule has 22 heavy (non-hydrogen) atoms. The van der Waals surface area contributed by atoms with Crippen molar-refractivity contribution in [2.45, 2.75) is 31.1 Å². The molecule has 3 aromatic heterocycles. The van der Waals surface area contributed by atoms with E-state index in [1.807, 2.05) is 42.7 Å². The quantitative estimate of drug-likeness (QED) is 0.738. The Morgan fingerprint density at radius 2 is 2.05 bits per heavy atom. The number of fused-ring (bicyclic) bond motifs is 1. The van der Waals surface area contributed by atoms with E-state index in [4.69, 9.17) is 4.98 Å². The van der Waals surface area contributed by atoms with Gasteiger partial charge in [-0.2, -0.15) is 11.8 Å². The van der Waals surface area contributed by atoms with E-state index in [2.05, 4.69) is 26.3 Å². The second-order valence-corrected chi connectivity index (χ2v) is 7.00. The molecule has 1 aliphatic rings. The summed E-state index contributed by atoms with van der Waals surface area (Å²) in [5.41, 5.74) is 2.83. The van der Waals surface area contributed by atoms with Crippen molar-refractivity contribution in [2.24, 2.45) is 0 Å². The fraction of sp³-hybridized carbons (Fsp3) is 0.353. The molecule has 0 saturated carbocycles. The highest BCUT2D eigenvalue weighted by atomic mass is 32.2. The van der Waals surface area contributed by atoms with Gasteiger partial charge in [0.05, 0.1) is 0 Å². The third-order valence-electron chi connectivity index (χ3n) is 4.06. The summed E-state index contributed by atoms with van der Waals surface area (Å²) >= 11 is 2.08. The smallest absolute Gasteiger partial charge is 0.161 e. The Kier molecular flexibility index (Phi) is 3.81. The number of hydrogen-bond donors (Lipinski definition) is 0. The first kappa shape index (κ1) is 13.8. The van der Waals surface area contributed by atoms with Crippen molar-refractivity contribution in [1.29, 1.82) is 0 Å². The van der Waals surface area contributed by atoms with E-state index < -0.39 is 0 Å². The Morgan fingerprint density at radius 3 is 2.86 bits per heavy atom. The number of rotatable bonds is 3. The predicted molar refractivity (Wildman–Crippen MR) is 90.9 cm³/mol. The molecule has 0 bridgehead atoms. The molecule has 0 N–H and O–H groups in total. The maximum absolute atomic E-state index is 4.78.